The van der Waals surface area contributed by atoms with E-state index in [1.54, 1.807) is 24.3 Å². The molecule has 0 saturated heterocycles. The maximum atomic E-state index is 11.7. The van der Waals surface area contributed by atoms with Gasteiger partial charge in [-0.3, -0.25) is 4.79 Å². The van der Waals surface area contributed by atoms with Crippen LogP contribution in [0.1, 0.15) is 5.56 Å². The fourth-order valence-corrected chi connectivity index (χ4v) is 2.31. The monoisotopic (exact) mass is 343 g/mol. The van der Waals surface area contributed by atoms with Crippen LogP contribution in [0.5, 0.6) is 0 Å². The van der Waals surface area contributed by atoms with Gasteiger partial charge in [-0.15, -0.1) is 0 Å². The van der Waals surface area contributed by atoms with Gasteiger partial charge >= 0.3 is 0 Å². The molecule has 0 fully saturated rings. The van der Waals surface area contributed by atoms with Crippen LogP contribution < -0.4 is 5.32 Å². The summed E-state index contributed by atoms with van der Waals surface area (Å²) in [6.07, 6.45) is 0. The topological polar surface area (TPSA) is 38.3 Å². The number of carbonyl (C=O) groups excluding carboxylic acids is 1. The van der Waals surface area contributed by atoms with Crippen LogP contribution in [-0.4, -0.2) is 12.5 Å². The minimum Gasteiger partial charge on any atom is -0.367 e. The molecular formula is C15H12Cl3NO2. The van der Waals surface area contributed by atoms with Gasteiger partial charge in [-0.05, 0) is 29.8 Å². The van der Waals surface area contributed by atoms with E-state index in [0.717, 1.165) is 11.3 Å². The third-order valence-electron chi connectivity index (χ3n) is 2.60. The van der Waals surface area contributed by atoms with Crippen LogP contribution >= 0.6 is 34.8 Å². The maximum Gasteiger partial charge on any atom is 0.250 e. The molecule has 3 nitrogen and oxygen atoms in total. The number of ether oxygens (including phenoxy) is 1. The zero-order valence-corrected chi connectivity index (χ0v) is 13.2. The SMILES string of the molecule is O=C(COCc1cc(Cl)c(Cl)c(Cl)c1)Nc1ccccc1. The van der Waals surface area contributed by atoms with Crippen LogP contribution in [0.2, 0.25) is 15.1 Å². The largest absolute Gasteiger partial charge is 0.367 e. The Morgan fingerprint density at radius 3 is 2.29 bits per heavy atom. The number of anilines is 1. The number of amides is 1. The van der Waals surface area contributed by atoms with Crippen molar-refractivity contribution >= 4 is 46.4 Å². The van der Waals surface area contributed by atoms with Crippen molar-refractivity contribution in [2.75, 3.05) is 11.9 Å². The van der Waals surface area contributed by atoms with Gasteiger partial charge in [0.15, 0.2) is 0 Å². The molecule has 0 unspecified atom stereocenters. The minimum atomic E-state index is -0.229. The van der Waals surface area contributed by atoms with Crippen LogP contribution in [0.25, 0.3) is 0 Å². The summed E-state index contributed by atoms with van der Waals surface area (Å²) in [5.41, 5.74) is 1.48. The van der Waals surface area contributed by atoms with Crippen LogP contribution in [0.4, 0.5) is 5.69 Å². The molecule has 0 aliphatic heterocycles. The Balaban J connectivity index is 1.83. The lowest BCUT2D eigenvalue weighted by molar-refractivity contribution is -0.121. The fourth-order valence-electron chi connectivity index (χ4n) is 1.67. The molecule has 2 rings (SSSR count). The van der Waals surface area contributed by atoms with Gasteiger partial charge in [0.1, 0.15) is 6.61 Å². The van der Waals surface area contributed by atoms with Gasteiger partial charge in [0.25, 0.3) is 0 Å². The third kappa shape index (κ3) is 4.90. The van der Waals surface area contributed by atoms with Crippen molar-refractivity contribution in [1.29, 1.82) is 0 Å². The van der Waals surface area contributed by atoms with E-state index >= 15 is 0 Å². The van der Waals surface area contributed by atoms with Crippen molar-refractivity contribution in [2.45, 2.75) is 6.61 Å². The van der Waals surface area contributed by atoms with Crippen molar-refractivity contribution in [3.8, 4) is 0 Å². The van der Waals surface area contributed by atoms with Gasteiger partial charge in [-0.25, -0.2) is 0 Å². The molecule has 0 spiro atoms. The summed E-state index contributed by atoms with van der Waals surface area (Å²) in [7, 11) is 0. The minimum absolute atomic E-state index is 0.0627. The summed E-state index contributed by atoms with van der Waals surface area (Å²) in [4.78, 5) is 11.7. The Labute approximate surface area is 137 Å². The fraction of sp³-hybridized carbons (Fsp3) is 0.133. The smallest absolute Gasteiger partial charge is 0.250 e. The van der Waals surface area contributed by atoms with E-state index in [0.29, 0.717) is 15.1 Å². The second kappa shape index (κ2) is 7.66. The Kier molecular flexibility index (Phi) is 5.88. The lowest BCUT2D eigenvalue weighted by atomic mass is 10.2. The average molecular weight is 345 g/mol. The highest BCUT2D eigenvalue weighted by Crippen LogP contribution is 2.31. The van der Waals surface area contributed by atoms with Gasteiger partial charge in [0.2, 0.25) is 5.91 Å². The van der Waals surface area contributed by atoms with E-state index in [4.69, 9.17) is 39.5 Å². The van der Waals surface area contributed by atoms with Crippen molar-refractivity contribution in [1.82, 2.24) is 0 Å². The molecule has 0 bridgehead atoms. The molecule has 110 valence electrons. The number of carbonyl (C=O) groups is 1. The number of hydrogen-bond acceptors (Lipinski definition) is 2. The van der Waals surface area contributed by atoms with E-state index in [9.17, 15) is 4.79 Å². The molecule has 0 aliphatic carbocycles. The van der Waals surface area contributed by atoms with Crippen LogP contribution in [0.3, 0.4) is 0 Å². The molecule has 1 N–H and O–H groups in total. The molecule has 0 heterocycles. The summed E-state index contributed by atoms with van der Waals surface area (Å²) < 4.78 is 5.33. The number of rotatable bonds is 5. The van der Waals surface area contributed by atoms with Gasteiger partial charge in [-0.1, -0.05) is 53.0 Å². The molecule has 6 heteroatoms. The summed E-state index contributed by atoms with van der Waals surface area (Å²) in [5.74, 6) is -0.229. The summed E-state index contributed by atoms with van der Waals surface area (Å²) in [5, 5.41) is 3.75. The molecule has 0 radical (unpaired) electrons. The predicted molar refractivity (Wildman–Crippen MR) is 86.2 cm³/mol. The lowest BCUT2D eigenvalue weighted by Crippen LogP contribution is -2.18. The number of nitrogens with one attached hydrogen (secondary N) is 1. The Hall–Kier alpha value is -1.26. The lowest BCUT2D eigenvalue weighted by Gasteiger charge is -2.08. The van der Waals surface area contributed by atoms with Crippen molar-refractivity contribution < 1.29 is 9.53 Å². The van der Waals surface area contributed by atoms with Gasteiger partial charge in [0.05, 0.1) is 21.7 Å². The van der Waals surface area contributed by atoms with Crippen LogP contribution in [0.15, 0.2) is 42.5 Å². The first-order valence-electron chi connectivity index (χ1n) is 6.12. The van der Waals surface area contributed by atoms with E-state index in [-0.39, 0.29) is 19.1 Å². The van der Waals surface area contributed by atoms with Crippen LogP contribution in [0, 0.1) is 0 Å². The third-order valence-corrected chi connectivity index (χ3v) is 3.80. The summed E-state index contributed by atoms with van der Waals surface area (Å²) in [6, 6.07) is 12.5. The standard InChI is InChI=1S/C15H12Cl3NO2/c16-12-6-10(7-13(17)15(12)18)8-21-9-14(20)19-11-4-2-1-3-5-11/h1-7H,8-9H2,(H,19,20). The second-order valence-corrected chi connectivity index (χ2v) is 5.47. The zero-order chi connectivity index (χ0) is 15.2. The van der Waals surface area contributed by atoms with Crippen molar-refractivity contribution in [2.24, 2.45) is 0 Å². The quantitative estimate of drug-likeness (QED) is 0.791. The maximum absolute atomic E-state index is 11.7. The highest BCUT2D eigenvalue weighted by atomic mass is 35.5. The summed E-state index contributed by atoms with van der Waals surface area (Å²) >= 11 is 17.7. The molecular weight excluding hydrogens is 333 g/mol. The molecule has 0 atom stereocenters. The number of hydrogen-bond donors (Lipinski definition) is 1. The normalized spacial score (nSPS) is 10.4. The molecule has 2 aromatic rings. The Morgan fingerprint density at radius 2 is 1.67 bits per heavy atom. The first kappa shape index (κ1) is 16.1. The molecule has 0 aliphatic rings. The van der Waals surface area contributed by atoms with E-state index in [1.807, 2.05) is 18.2 Å². The van der Waals surface area contributed by atoms with E-state index in [1.165, 1.54) is 0 Å². The summed E-state index contributed by atoms with van der Waals surface area (Å²) in [6.45, 7) is 0.158. The number of halogens is 3. The predicted octanol–water partition coefficient (Wildman–Crippen LogP) is 4.80. The van der Waals surface area contributed by atoms with E-state index < -0.39 is 0 Å². The van der Waals surface area contributed by atoms with E-state index in [2.05, 4.69) is 5.32 Å². The average Bonchev–Trinajstić information content (AvgIpc) is 2.45. The van der Waals surface area contributed by atoms with Gasteiger partial charge < -0.3 is 10.1 Å². The highest BCUT2D eigenvalue weighted by Gasteiger charge is 2.07. The highest BCUT2D eigenvalue weighted by molar-refractivity contribution is 6.48. The van der Waals surface area contributed by atoms with Crippen molar-refractivity contribution in [3.63, 3.8) is 0 Å². The molecule has 2 aromatic carbocycles. The molecule has 0 aromatic heterocycles. The zero-order valence-electron chi connectivity index (χ0n) is 10.9. The first-order valence-corrected chi connectivity index (χ1v) is 7.25. The Bertz CT molecular complexity index is 609. The van der Waals surface area contributed by atoms with Gasteiger partial charge in [0, 0.05) is 5.69 Å². The molecule has 1 amide bonds. The number of para-hydroxylation sites is 1. The Morgan fingerprint density at radius 1 is 1.05 bits per heavy atom. The second-order valence-electron chi connectivity index (χ2n) is 4.28. The number of benzene rings is 2. The van der Waals surface area contributed by atoms with Gasteiger partial charge in [-0.2, -0.15) is 0 Å². The van der Waals surface area contributed by atoms with Crippen molar-refractivity contribution in [3.05, 3.63) is 63.1 Å². The molecule has 0 saturated carbocycles. The first-order chi connectivity index (χ1) is 10.1. The molecule has 21 heavy (non-hydrogen) atoms. The van der Waals surface area contributed by atoms with Crippen LogP contribution in [-0.2, 0) is 16.1 Å².